The Morgan fingerprint density at radius 2 is 2.35 bits per heavy atom. The molecule has 0 fully saturated rings. The fourth-order valence-electron chi connectivity index (χ4n) is 1.57. The van der Waals surface area contributed by atoms with E-state index in [-0.39, 0.29) is 6.42 Å². The monoisotopic (exact) mass is 252 g/mol. The van der Waals surface area contributed by atoms with Gasteiger partial charge in [-0.15, -0.1) is 10.2 Å². The van der Waals surface area contributed by atoms with E-state index in [1.54, 1.807) is 24.3 Å². The summed E-state index contributed by atoms with van der Waals surface area (Å²) < 4.78 is 0. The molecule has 0 spiro atoms. The van der Waals surface area contributed by atoms with Crippen molar-refractivity contribution in [2.45, 2.75) is 12.3 Å². The first-order chi connectivity index (χ1) is 8.16. The van der Waals surface area contributed by atoms with Gasteiger partial charge in [-0.1, -0.05) is 28.9 Å². The topological polar surface area (TPSA) is 91.8 Å². The van der Waals surface area contributed by atoms with Crippen LogP contribution in [0.15, 0.2) is 24.3 Å². The highest BCUT2D eigenvalue weighted by Gasteiger charge is 2.21. The predicted molar refractivity (Wildman–Crippen MR) is 59.7 cm³/mol. The smallest absolute Gasteiger partial charge is 0.304 e. The van der Waals surface area contributed by atoms with Crippen molar-refractivity contribution < 1.29 is 9.90 Å². The van der Waals surface area contributed by atoms with Crippen LogP contribution in [0.3, 0.4) is 0 Å². The second-order valence-corrected chi connectivity index (χ2v) is 3.91. The number of rotatable bonds is 4. The van der Waals surface area contributed by atoms with Crippen LogP contribution in [0.25, 0.3) is 0 Å². The first-order valence-electron chi connectivity index (χ1n) is 4.87. The number of benzene rings is 1. The van der Waals surface area contributed by atoms with E-state index in [2.05, 4.69) is 20.6 Å². The van der Waals surface area contributed by atoms with E-state index in [0.717, 1.165) is 5.56 Å². The zero-order chi connectivity index (χ0) is 12.3. The van der Waals surface area contributed by atoms with Gasteiger partial charge in [0.2, 0.25) is 0 Å². The number of carboxylic acids is 1. The number of H-pyrrole nitrogens is 1. The average molecular weight is 253 g/mol. The van der Waals surface area contributed by atoms with Crippen LogP contribution in [-0.2, 0) is 4.79 Å². The Morgan fingerprint density at radius 1 is 1.53 bits per heavy atom. The Hall–Kier alpha value is -1.95. The molecular weight excluding hydrogens is 244 g/mol. The van der Waals surface area contributed by atoms with E-state index in [1.807, 2.05) is 0 Å². The fourth-order valence-corrected chi connectivity index (χ4v) is 1.77. The summed E-state index contributed by atoms with van der Waals surface area (Å²) in [6.45, 7) is 0. The van der Waals surface area contributed by atoms with Crippen LogP contribution in [0.5, 0.6) is 0 Å². The summed E-state index contributed by atoms with van der Waals surface area (Å²) >= 11 is 5.88. The molecule has 0 saturated heterocycles. The van der Waals surface area contributed by atoms with Crippen molar-refractivity contribution in [1.29, 1.82) is 0 Å². The van der Waals surface area contributed by atoms with Crippen molar-refractivity contribution >= 4 is 17.6 Å². The molecule has 2 rings (SSSR count). The second kappa shape index (κ2) is 4.92. The van der Waals surface area contributed by atoms with Gasteiger partial charge in [-0.2, -0.15) is 5.21 Å². The maximum absolute atomic E-state index is 10.8. The number of tetrazole rings is 1. The number of aliphatic carboxylic acids is 1. The van der Waals surface area contributed by atoms with Gasteiger partial charge in [0.1, 0.15) is 0 Å². The highest BCUT2D eigenvalue weighted by Crippen LogP contribution is 2.26. The van der Waals surface area contributed by atoms with Gasteiger partial charge in [-0.25, -0.2) is 0 Å². The van der Waals surface area contributed by atoms with Crippen LogP contribution in [-0.4, -0.2) is 31.7 Å². The third-order valence-electron chi connectivity index (χ3n) is 2.30. The van der Waals surface area contributed by atoms with Gasteiger partial charge in [0.05, 0.1) is 12.3 Å². The Morgan fingerprint density at radius 3 is 2.94 bits per heavy atom. The fraction of sp³-hybridized carbons (Fsp3) is 0.200. The zero-order valence-corrected chi connectivity index (χ0v) is 9.42. The van der Waals surface area contributed by atoms with E-state index in [1.165, 1.54) is 0 Å². The highest BCUT2D eigenvalue weighted by atomic mass is 35.5. The summed E-state index contributed by atoms with van der Waals surface area (Å²) in [6, 6.07) is 6.97. The summed E-state index contributed by atoms with van der Waals surface area (Å²) in [5.74, 6) is -1.04. The molecule has 0 radical (unpaired) electrons. The molecule has 1 unspecified atom stereocenters. The van der Waals surface area contributed by atoms with Gasteiger partial charge in [0.25, 0.3) is 0 Å². The Labute approximate surface area is 102 Å². The van der Waals surface area contributed by atoms with Crippen LogP contribution in [0.2, 0.25) is 5.02 Å². The predicted octanol–water partition coefficient (Wildman–Crippen LogP) is 1.46. The third kappa shape index (κ3) is 2.79. The molecule has 7 heteroatoms. The Kier molecular flexibility index (Phi) is 3.34. The van der Waals surface area contributed by atoms with E-state index in [4.69, 9.17) is 16.7 Å². The number of carbonyl (C=O) groups is 1. The van der Waals surface area contributed by atoms with Gasteiger partial charge in [0.15, 0.2) is 5.82 Å². The lowest BCUT2D eigenvalue weighted by Crippen LogP contribution is -2.09. The number of nitrogens with one attached hydrogen (secondary N) is 1. The normalized spacial score (nSPS) is 12.3. The molecule has 0 saturated carbocycles. The molecule has 88 valence electrons. The molecule has 0 aliphatic heterocycles. The van der Waals surface area contributed by atoms with E-state index < -0.39 is 11.9 Å². The van der Waals surface area contributed by atoms with Crippen molar-refractivity contribution in [3.63, 3.8) is 0 Å². The van der Waals surface area contributed by atoms with Gasteiger partial charge >= 0.3 is 5.97 Å². The maximum atomic E-state index is 10.8. The molecule has 1 aromatic heterocycles. The standard InChI is InChI=1S/C10H9ClN4O2/c11-7-3-1-2-6(4-7)8(5-9(16)17)10-12-14-15-13-10/h1-4,8H,5H2,(H,16,17)(H,12,13,14,15). The molecule has 0 bridgehead atoms. The van der Waals surface area contributed by atoms with Crippen LogP contribution in [0, 0.1) is 0 Å². The van der Waals surface area contributed by atoms with Crippen molar-refractivity contribution in [1.82, 2.24) is 20.6 Å². The number of aromatic amines is 1. The number of carboxylic acid groups (broad SMARTS) is 1. The van der Waals surface area contributed by atoms with E-state index >= 15 is 0 Å². The zero-order valence-electron chi connectivity index (χ0n) is 8.67. The summed E-state index contributed by atoms with van der Waals surface area (Å²) in [6.07, 6.45) is -0.111. The Balaban J connectivity index is 2.36. The Bertz CT molecular complexity index is 515. The summed E-state index contributed by atoms with van der Waals surface area (Å²) in [5, 5.41) is 22.8. The lowest BCUT2D eigenvalue weighted by atomic mass is 9.95. The number of aromatic nitrogens is 4. The average Bonchev–Trinajstić information content (AvgIpc) is 2.79. The lowest BCUT2D eigenvalue weighted by Gasteiger charge is -2.11. The number of halogens is 1. The van der Waals surface area contributed by atoms with Crippen LogP contribution < -0.4 is 0 Å². The minimum absolute atomic E-state index is 0.111. The number of nitrogens with zero attached hydrogens (tertiary/aromatic N) is 3. The molecule has 1 aromatic carbocycles. The summed E-state index contributed by atoms with van der Waals surface area (Å²) in [5.41, 5.74) is 0.751. The van der Waals surface area contributed by atoms with Crippen molar-refractivity contribution in [2.24, 2.45) is 0 Å². The lowest BCUT2D eigenvalue weighted by molar-refractivity contribution is -0.137. The molecule has 17 heavy (non-hydrogen) atoms. The van der Waals surface area contributed by atoms with Gasteiger partial charge < -0.3 is 5.11 Å². The molecular formula is C10H9ClN4O2. The summed E-state index contributed by atoms with van der Waals surface area (Å²) in [4.78, 5) is 10.8. The first-order valence-corrected chi connectivity index (χ1v) is 5.25. The van der Waals surface area contributed by atoms with Crippen molar-refractivity contribution in [2.75, 3.05) is 0 Å². The molecule has 1 atom stereocenters. The van der Waals surface area contributed by atoms with E-state index in [0.29, 0.717) is 10.8 Å². The summed E-state index contributed by atoms with van der Waals surface area (Å²) in [7, 11) is 0. The molecule has 1 heterocycles. The number of hydrogen-bond acceptors (Lipinski definition) is 4. The van der Waals surface area contributed by atoms with Crippen LogP contribution >= 0.6 is 11.6 Å². The second-order valence-electron chi connectivity index (χ2n) is 3.48. The SMILES string of the molecule is O=C(O)CC(c1cccc(Cl)c1)c1nn[nH]n1. The van der Waals surface area contributed by atoms with Crippen molar-refractivity contribution in [3.8, 4) is 0 Å². The highest BCUT2D eigenvalue weighted by molar-refractivity contribution is 6.30. The third-order valence-corrected chi connectivity index (χ3v) is 2.54. The molecule has 6 nitrogen and oxygen atoms in total. The van der Waals surface area contributed by atoms with Gasteiger partial charge in [-0.05, 0) is 17.7 Å². The first kappa shape index (κ1) is 11.5. The molecule has 2 aromatic rings. The van der Waals surface area contributed by atoms with Crippen LogP contribution in [0.4, 0.5) is 0 Å². The quantitative estimate of drug-likeness (QED) is 0.859. The minimum Gasteiger partial charge on any atom is -0.481 e. The molecule has 0 aliphatic carbocycles. The van der Waals surface area contributed by atoms with Gasteiger partial charge in [0, 0.05) is 5.02 Å². The minimum atomic E-state index is -0.931. The van der Waals surface area contributed by atoms with Crippen LogP contribution in [0.1, 0.15) is 23.7 Å². The molecule has 0 aliphatic rings. The molecule has 0 amide bonds. The molecule has 2 N–H and O–H groups in total. The van der Waals surface area contributed by atoms with E-state index in [9.17, 15) is 4.79 Å². The maximum Gasteiger partial charge on any atom is 0.304 e. The van der Waals surface area contributed by atoms with Crippen molar-refractivity contribution in [3.05, 3.63) is 40.7 Å². The largest absolute Gasteiger partial charge is 0.481 e. The van der Waals surface area contributed by atoms with Gasteiger partial charge in [-0.3, -0.25) is 4.79 Å². The number of hydrogen-bond donors (Lipinski definition) is 2.